The third kappa shape index (κ3) is 5.15. The maximum Gasteiger partial charge on any atom is 0.240 e. The molecule has 8 heteroatoms. The Kier molecular flexibility index (Phi) is 6.93. The quantitative estimate of drug-likeness (QED) is 0.443. The molecule has 172 valence electrons. The number of rotatable bonds is 7. The van der Waals surface area contributed by atoms with Crippen LogP contribution in [-0.4, -0.2) is 37.7 Å². The van der Waals surface area contributed by atoms with Crippen molar-refractivity contribution in [3.05, 3.63) is 99.5 Å². The standard InChI is InChI=1S/C25H24Cl2N2O3S/c1-16-24(28-33(31,32)23-13-7-18(8-14-23)17(2)30)15-29(16)25(19-3-9-21(26)10-4-19)20-5-11-22(27)12-6-20/h3-14,16,24-25,28H,15H2,1-2H3/t16-,24+/m1/s1. The van der Waals surface area contributed by atoms with Gasteiger partial charge in [0.2, 0.25) is 10.0 Å². The molecule has 1 aliphatic heterocycles. The van der Waals surface area contributed by atoms with Gasteiger partial charge in [0.1, 0.15) is 0 Å². The highest BCUT2D eigenvalue weighted by atomic mass is 35.5. The predicted molar refractivity (Wildman–Crippen MR) is 131 cm³/mol. The predicted octanol–water partition coefficient (Wildman–Crippen LogP) is 5.34. The Hall–Kier alpha value is -2.22. The van der Waals surface area contributed by atoms with E-state index in [1.54, 1.807) is 0 Å². The smallest absolute Gasteiger partial charge is 0.240 e. The van der Waals surface area contributed by atoms with Crippen molar-refractivity contribution in [2.24, 2.45) is 0 Å². The zero-order chi connectivity index (χ0) is 23.8. The molecule has 0 spiro atoms. The second kappa shape index (κ2) is 9.57. The van der Waals surface area contributed by atoms with E-state index in [-0.39, 0.29) is 28.8 Å². The Morgan fingerprint density at radius 1 is 0.909 bits per heavy atom. The number of nitrogens with one attached hydrogen (secondary N) is 1. The lowest BCUT2D eigenvalue weighted by atomic mass is 9.89. The van der Waals surface area contributed by atoms with Gasteiger partial charge in [-0.15, -0.1) is 0 Å². The van der Waals surface area contributed by atoms with Crippen LogP contribution in [0.25, 0.3) is 0 Å². The molecule has 0 radical (unpaired) electrons. The van der Waals surface area contributed by atoms with E-state index >= 15 is 0 Å². The van der Waals surface area contributed by atoms with E-state index in [0.29, 0.717) is 22.2 Å². The summed E-state index contributed by atoms with van der Waals surface area (Å²) in [5.74, 6) is -0.106. The maximum atomic E-state index is 12.9. The SMILES string of the molecule is CC(=O)c1ccc(S(=O)(=O)N[C@H]2CN(C(c3ccc(Cl)cc3)c3ccc(Cl)cc3)[C@@H]2C)cc1. The number of nitrogens with zero attached hydrogens (tertiary/aromatic N) is 1. The number of hydrogen-bond donors (Lipinski definition) is 1. The molecule has 1 heterocycles. The van der Waals surface area contributed by atoms with Crippen LogP contribution in [0, 0.1) is 0 Å². The van der Waals surface area contributed by atoms with Crippen molar-refractivity contribution in [1.29, 1.82) is 0 Å². The van der Waals surface area contributed by atoms with E-state index in [4.69, 9.17) is 23.2 Å². The van der Waals surface area contributed by atoms with Gasteiger partial charge >= 0.3 is 0 Å². The highest BCUT2D eigenvalue weighted by Crippen LogP contribution is 2.37. The van der Waals surface area contributed by atoms with Gasteiger partial charge in [-0.3, -0.25) is 9.69 Å². The van der Waals surface area contributed by atoms with Crippen molar-refractivity contribution >= 4 is 39.0 Å². The summed E-state index contributed by atoms with van der Waals surface area (Å²) in [7, 11) is -3.71. The Labute approximate surface area is 204 Å². The number of benzene rings is 3. The van der Waals surface area contributed by atoms with Crippen LogP contribution in [0.1, 0.15) is 41.4 Å². The van der Waals surface area contributed by atoms with Gasteiger partial charge in [-0.1, -0.05) is 59.6 Å². The van der Waals surface area contributed by atoms with Crippen LogP contribution in [0.2, 0.25) is 10.0 Å². The van der Waals surface area contributed by atoms with Gasteiger partial charge in [0.25, 0.3) is 0 Å². The number of carbonyl (C=O) groups excluding carboxylic acids is 1. The van der Waals surface area contributed by atoms with E-state index in [9.17, 15) is 13.2 Å². The van der Waals surface area contributed by atoms with Crippen LogP contribution >= 0.6 is 23.2 Å². The summed E-state index contributed by atoms with van der Waals surface area (Å²) in [6.45, 7) is 4.00. The maximum absolute atomic E-state index is 12.9. The number of halogens is 2. The number of sulfonamides is 1. The molecule has 0 bridgehead atoms. The second-order valence-corrected chi connectivity index (χ2v) is 10.8. The molecule has 0 aliphatic carbocycles. The van der Waals surface area contributed by atoms with Crippen LogP contribution < -0.4 is 4.72 Å². The lowest BCUT2D eigenvalue weighted by molar-refractivity contribution is 0.0370. The van der Waals surface area contributed by atoms with Crippen LogP contribution in [0.3, 0.4) is 0 Å². The first-order valence-electron chi connectivity index (χ1n) is 10.6. The topological polar surface area (TPSA) is 66.5 Å². The highest BCUT2D eigenvalue weighted by molar-refractivity contribution is 7.89. The average Bonchev–Trinajstić information content (AvgIpc) is 2.80. The monoisotopic (exact) mass is 502 g/mol. The van der Waals surface area contributed by atoms with E-state index in [1.807, 2.05) is 55.5 Å². The van der Waals surface area contributed by atoms with Crippen LogP contribution in [0.4, 0.5) is 0 Å². The molecule has 1 fully saturated rings. The summed E-state index contributed by atoms with van der Waals surface area (Å²) < 4.78 is 28.6. The second-order valence-electron chi connectivity index (χ2n) is 8.25. The van der Waals surface area contributed by atoms with Crippen LogP contribution in [0.15, 0.2) is 77.7 Å². The highest BCUT2D eigenvalue weighted by Gasteiger charge is 2.42. The van der Waals surface area contributed by atoms with Gasteiger partial charge in [-0.25, -0.2) is 13.1 Å². The lowest BCUT2D eigenvalue weighted by Crippen LogP contribution is -2.66. The molecule has 0 saturated carbocycles. The summed E-state index contributed by atoms with van der Waals surface area (Å²) in [5, 5.41) is 1.32. The molecular formula is C25H24Cl2N2O3S. The molecule has 1 aliphatic rings. The molecule has 1 saturated heterocycles. The summed E-state index contributed by atoms with van der Waals surface area (Å²) >= 11 is 12.2. The fourth-order valence-electron chi connectivity index (χ4n) is 4.12. The van der Waals surface area contributed by atoms with E-state index in [1.165, 1.54) is 31.2 Å². The number of Topliss-reactive ketones (excluding diaryl/α,β-unsaturated/α-hetero) is 1. The number of hydrogen-bond acceptors (Lipinski definition) is 4. The first kappa shape index (κ1) is 23.9. The molecule has 33 heavy (non-hydrogen) atoms. The van der Waals surface area contributed by atoms with Crippen LogP contribution in [-0.2, 0) is 10.0 Å². The number of ketones is 1. The minimum atomic E-state index is -3.71. The molecule has 1 N–H and O–H groups in total. The third-order valence-electron chi connectivity index (χ3n) is 6.09. The van der Waals surface area contributed by atoms with Gasteiger partial charge < -0.3 is 0 Å². The Bertz CT molecular complexity index is 1200. The third-order valence-corrected chi connectivity index (χ3v) is 8.10. The van der Waals surface area contributed by atoms with Gasteiger partial charge in [-0.05, 0) is 61.4 Å². The number of likely N-dealkylation sites (tertiary alicyclic amines) is 1. The minimum Gasteiger partial charge on any atom is -0.295 e. The molecule has 4 rings (SSSR count). The number of carbonyl (C=O) groups is 1. The van der Waals surface area contributed by atoms with Gasteiger partial charge in [0.05, 0.1) is 17.0 Å². The Morgan fingerprint density at radius 3 is 1.82 bits per heavy atom. The molecule has 0 amide bonds. The van der Waals surface area contributed by atoms with E-state index in [2.05, 4.69) is 9.62 Å². The molecule has 3 aromatic carbocycles. The largest absolute Gasteiger partial charge is 0.295 e. The van der Waals surface area contributed by atoms with Gasteiger partial charge in [-0.2, -0.15) is 0 Å². The van der Waals surface area contributed by atoms with Crippen molar-refractivity contribution in [2.45, 2.75) is 36.9 Å². The first-order valence-corrected chi connectivity index (χ1v) is 12.8. The van der Waals surface area contributed by atoms with Crippen molar-refractivity contribution in [2.75, 3.05) is 6.54 Å². The summed E-state index contributed by atoms with van der Waals surface area (Å²) in [6.07, 6.45) is 0. The molecule has 3 aromatic rings. The first-order chi connectivity index (χ1) is 15.7. The van der Waals surface area contributed by atoms with Gasteiger partial charge in [0.15, 0.2) is 5.78 Å². The fourth-order valence-corrected chi connectivity index (χ4v) is 5.67. The minimum absolute atomic E-state index is 0.0485. The van der Waals surface area contributed by atoms with E-state index in [0.717, 1.165) is 11.1 Å². The summed E-state index contributed by atoms with van der Waals surface area (Å²) in [4.78, 5) is 13.9. The van der Waals surface area contributed by atoms with Crippen molar-refractivity contribution in [1.82, 2.24) is 9.62 Å². The molecule has 5 nitrogen and oxygen atoms in total. The summed E-state index contributed by atoms with van der Waals surface area (Å²) in [5.41, 5.74) is 2.61. The molecule has 0 aromatic heterocycles. The molecular weight excluding hydrogens is 479 g/mol. The molecule has 0 unspecified atom stereocenters. The van der Waals surface area contributed by atoms with E-state index < -0.39 is 10.0 Å². The fraction of sp³-hybridized carbons (Fsp3) is 0.240. The zero-order valence-electron chi connectivity index (χ0n) is 18.2. The zero-order valence-corrected chi connectivity index (χ0v) is 20.5. The normalized spacial score (nSPS) is 18.8. The van der Waals surface area contributed by atoms with Gasteiger partial charge in [0, 0.05) is 28.2 Å². The average molecular weight is 503 g/mol. The van der Waals surface area contributed by atoms with Crippen molar-refractivity contribution in [3.8, 4) is 0 Å². The Balaban J connectivity index is 1.54. The Morgan fingerprint density at radius 2 is 1.39 bits per heavy atom. The lowest BCUT2D eigenvalue weighted by Gasteiger charge is -2.50. The van der Waals surface area contributed by atoms with Crippen LogP contribution in [0.5, 0.6) is 0 Å². The van der Waals surface area contributed by atoms with Crippen molar-refractivity contribution in [3.63, 3.8) is 0 Å². The summed E-state index contributed by atoms with van der Waals surface area (Å²) in [6, 6.07) is 21.0. The van der Waals surface area contributed by atoms with Crippen molar-refractivity contribution < 1.29 is 13.2 Å². The molecule has 2 atom stereocenters.